The number of fused-ring (bicyclic) bond motifs is 3. The fourth-order valence-corrected chi connectivity index (χ4v) is 4.02. The third-order valence-electron chi connectivity index (χ3n) is 5.65. The minimum Gasteiger partial charge on any atom is -0.481 e. The van der Waals surface area contributed by atoms with Crippen LogP contribution in [0.15, 0.2) is 44.2 Å². The standard InChI is InChI=1S/C22H25N3O5.2ClH/c1-14-20(30-22(28)29-14)12-23-10-4-6-16(21(26)27)11-17-19-9-8-15-5-2-3-7-18(15)25(19)13-24-17;;/h2-3,5,7,13,16,23H,4,6,8-12H2,1H3,(H,26,27);2*1H/t16-;;/m0../s1. The number of halogens is 2. The number of aliphatic carboxylic acids is 1. The van der Waals surface area contributed by atoms with Crippen molar-refractivity contribution in [1.82, 2.24) is 14.9 Å². The molecule has 1 aliphatic rings. The lowest BCUT2D eigenvalue weighted by Crippen LogP contribution is -2.21. The van der Waals surface area contributed by atoms with Crippen LogP contribution in [0.25, 0.3) is 5.69 Å². The molecular weight excluding hydrogens is 457 g/mol. The maximum absolute atomic E-state index is 11.8. The molecule has 0 saturated carbocycles. The second-order valence-electron chi connectivity index (χ2n) is 7.63. The van der Waals surface area contributed by atoms with Gasteiger partial charge in [0.2, 0.25) is 0 Å². The number of para-hydroxylation sites is 1. The number of aromatic nitrogens is 2. The predicted molar refractivity (Wildman–Crippen MR) is 123 cm³/mol. The Balaban J connectivity index is 0.00000181. The van der Waals surface area contributed by atoms with Crippen molar-refractivity contribution in [3.05, 3.63) is 69.7 Å². The highest BCUT2D eigenvalue weighted by atomic mass is 35.5. The summed E-state index contributed by atoms with van der Waals surface area (Å²) in [6, 6.07) is 8.25. The lowest BCUT2D eigenvalue weighted by atomic mass is 9.94. The third kappa shape index (κ3) is 5.62. The molecule has 2 aromatic heterocycles. The number of nitrogens with one attached hydrogen (secondary N) is 1. The molecule has 0 unspecified atom stereocenters. The lowest BCUT2D eigenvalue weighted by molar-refractivity contribution is -0.142. The van der Waals surface area contributed by atoms with Crippen LogP contribution in [0, 0.1) is 12.8 Å². The maximum Gasteiger partial charge on any atom is 0.519 e. The van der Waals surface area contributed by atoms with Crippen LogP contribution < -0.4 is 11.1 Å². The van der Waals surface area contributed by atoms with E-state index in [0.717, 1.165) is 29.9 Å². The minimum atomic E-state index is -0.801. The van der Waals surface area contributed by atoms with E-state index < -0.39 is 17.7 Å². The monoisotopic (exact) mass is 483 g/mol. The molecule has 2 N–H and O–H groups in total. The SMILES string of the molecule is Cc1oc(=O)oc1CNCCC[C@@H](Cc1ncn2c1CCc1ccccc1-2)C(=O)O.Cl.Cl. The van der Waals surface area contributed by atoms with Gasteiger partial charge in [-0.15, -0.1) is 24.8 Å². The van der Waals surface area contributed by atoms with Gasteiger partial charge in [0.15, 0.2) is 5.76 Å². The van der Waals surface area contributed by atoms with Crippen molar-refractivity contribution in [3.63, 3.8) is 0 Å². The van der Waals surface area contributed by atoms with Crippen molar-refractivity contribution < 1.29 is 18.7 Å². The first-order valence-electron chi connectivity index (χ1n) is 10.2. The molecule has 1 aromatic carbocycles. The van der Waals surface area contributed by atoms with Crippen molar-refractivity contribution in [2.24, 2.45) is 5.92 Å². The Labute approximate surface area is 197 Å². The van der Waals surface area contributed by atoms with Crippen LogP contribution in [0.2, 0.25) is 0 Å². The topological polar surface area (TPSA) is 111 Å². The zero-order valence-electron chi connectivity index (χ0n) is 17.7. The summed E-state index contributed by atoms with van der Waals surface area (Å²) in [6.07, 6.45) is 5.28. The van der Waals surface area contributed by atoms with E-state index >= 15 is 0 Å². The Morgan fingerprint density at radius 1 is 1.25 bits per heavy atom. The smallest absolute Gasteiger partial charge is 0.481 e. The summed E-state index contributed by atoms with van der Waals surface area (Å²) in [5.74, 6) is -1.06. The quantitative estimate of drug-likeness (QED) is 0.448. The Bertz CT molecular complexity index is 1110. The Hall–Kier alpha value is -2.55. The molecule has 0 fully saturated rings. The number of imidazole rings is 1. The second-order valence-corrected chi connectivity index (χ2v) is 7.63. The first-order valence-corrected chi connectivity index (χ1v) is 10.2. The van der Waals surface area contributed by atoms with E-state index in [-0.39, 0.29) is 24.8 Å². The van der Waals surface area contributed by atoms with Crippen molar-refractivity contribution in [1.29, 1.82) is 0 Å². The molecule has 0 amide bonds. The van der Waals surface area contributed by atoms with Crippen molar-refractivity contribution >= 4 is 30.8 Å². The number of hydrogen-bond donors (Lipinski definition) is 2. The summed E-state index contributed by atoms with van der Waals surface area (Å²) in [7, 11) is 0. The normalized spacial score (nSPS) is 12.8. The molecule has 0 radical (unpaired) electrons. The van der Waals surface area contributed by atoms with Crippen molar-refractivity contribution in [2.75, 3.05) is 6.54 Å². The van der Waals surface area contributed by atoms with Gasteiger partial charge in [-0.3, -0.25) is 4.79 Å². The molecule has 3 heterocycles. The summed E-state index contributed by atoms with van der Waals surface area (Å²) in [6.45, 7) is 2.67. The molecule has 8 nitrogen and oxygen atoms in total. The molecule has 3 aromatic rings. The average Bonchev–Trinajstić information content (AvgIpc) is 3.29. The summed E-state index contributed by atoms with van der Waals surface area (Å²) < 4.78 is 11.9. The number of rotatable bonds is 9. The highest BCUT2D eigenvalue weighted by Gasteiger charge is 2.24. The van der Waals surface area contributed by atoms with Gasteiger partial charge < -0.3 is 23.8 Å². The number of aryl methyl sites for hydroxylation is 2. The lowest BCUT2D eigenvalue weighted by Gasteiger charge is -2.20. The van der Waals surface area contributed by atoms with E-state index in [4.69, 9.17) is 8.83 Å². The summed E-state index contributed by atoms with van der Waals surface area (Å²) >= 11 is 0. The number of carboxylic acids is 1. The first-order chi connectivity index (χ1) is 14.5. The van der Waals surface area contributed by atoms with Gasteiger partial charge >= 0.3 is 11.8 Å². The van der Waals surface area contributed by atoms with E-state index in [1.165, 1.54) is 5.56 Å². The van der Waals surface area contributed by atoms with Crippen molar-refractivity contribution in [2.45, 2.75) is 45.6 Å². The largest absolute Gasteiger partial charge is 0.519 e. The van der Waals surface area contributed by atoms with Crippen molar-refractivity contribution in [3.8, 4) is 5.69 Å². The molecule has 4 rings (SSSR count). The Kier molecular flexibility index (Phi) is 9.12. The fraction of sp³-hybridized carbons (Fsp3) is 0.409. The number of carbonyl (C=O) groups is 1. The number of nitrogens with zero attached hydrogens (tertiary/aromatic N) is 2. The van der Waals surface area contributed by atoms with E-state index in [1.807, 2.05) is 18.5 Å². The van der Waals surface area contributed by atoms with Gasteiger partial charge in [0, 0.05) is 17.8 Å². The van der Waals surface area contributed by atoms with Gasteiger partial charge in [-0.05, 0) is 50.8 Å². The maximum atomic E-state index is 11.8. The van der Waals surface area contributed by atoms with Crippen LogP contribution >= 0.6 is 24.8 Å². The van der Waals surface area contributed by atoms with Gasteiger partial charge in [0.05, 0.1) is 24.5 Å². The second kappa shape index (κ2) is 11.4. The van der Waals surface area contributed by atoms with Gasteiger partial charge in [-0.1, -0.05) is 18.2 Å². The molecule has 0 bridgehead atoms. The molecule has 32 heavy (non-hydrogen) atoms. The zero-order valence-corrected chi connectivity index (χ0v) is 19.3. The Morgan fingerprint density at radius 3 is 2.75 bits per heavy atom. The number of carboxylic acid groups (broad SMARTS) is 1. The van der Waals surface area contributed by atoms with E-state index in [1.54, 1.807) is 6.92 Å². The van der Waals surface area contributed by atoms with E-state index in [2.05, 4.69) is 27.0 Å². The summed E-state index contributed by atoms with van der Waals surface area (Å²) in [4.78, 5) is 27.4. The third-order valence-corrected chi connectivity index (χ3v) is 5.65. The number of hydrogen-bond acceptors (Lipinski definition) is 6. The van der Waals surface area contributed by atoms with Crippen LogP contribution in [-0.4, -0.2) is 27.2 Å². The molecule has 1 aliphatic heterocycles. The van der Waals surface area contributed by atoms with Crippen LogP contribution in [0.4, 0.5) is 0 Å². The zero-order chi connectivity index (χ0) is 21.1. The molecule has 0 saturated heterocycles. The molecule has 1 atom stereocenters. The van der Waals surface area contributed by atoms with Gasteiger partial charge in [-0.25, -0.2) is 9.78 Å². The summed E-state index contributed by atoms with van der Waals surface area (Å²) in [5, 5.41) is 12.9. The number of benzene rings is 1. The molecule has 0 aliphatic carbocycles. The van der Waals surface area contributed by atoms with E-state index in [9.17, 15) is 14.7 Å². The highest BCUT2D eigenvalue weighted by Crippen LogP contribution is 2.28. The first kappa shape index (κ1) is 25.7. The van der Waals surface area contributed by atoms with Gasteiger partial charge in [-0.2, -0.15) is 0 Å². The Morgan fingerprint density at radius 2 is 2.03 bits per heavy atom. The van der Waals surface area contributed by atoms with Gasteiger partial charge in [0.1, 0.15) is 5.76 Å². The molecule has 0 spiro atoms. The van der Waals surface area contributed by atoms with E-state index in [0.29, 0.717) is 43.9 Å². The highest BCUT2D eigenvalue weighted by molar-refractivity contribution is 5.85. The molecule has 174 valence electrons. The van der Waals surface area contributed by atoms with Gasteiger partial charge in [0.25, 0.3) is 0 Å². The van der Waals surface area contributed by atoms with Crippen LogP contribution in [0.5, 0.6) is 0 Å². The van der Waals surface area contributed by atoms with Crippen LogP contribution in [-0.2, 0) is 30.6 Å². The van der Waals surface area contributed by atoms with Crippen LogP contribution in [0.3, 0.4) is 0 Å². The average molecular weight is 484 g/mol. The van der Waals surface area contributed by atoms with Crippen LogP contribution in [0.1, 0.15) is 41.3 Å². The molecule has 10 heteroatoms. The molecular formula is C22H27Cl2N3O5. The summed E-state index contributed by atoms with van der Waals surface area (Å²) in [5.41, 5.74) is 4.41. The predicted octanol–water partition coefficient (Wildman–Crippen LogP) is 3.48. The fourth-order valence-electron chi connectivity index (χ4n) is 4.02. The minimum absolute atomic E-state index is 0.